The molecule has 1 saturated heterocycles. The van der Waals surface area contributed by atoms with Gasteiger partial charge in [-0.05, 0) is 30.9 Å². The first-order valence-electron chi connectivity index (χ1n) is 11.8. The molecule has 1 aliphatic carbocycles. The quantitative estimate of drug-likeness (QED) is 0.332. The van der Waals surface area contributed by atoms with E-state index in [1.807, 2.05) is 12.1 Å². The maximum absolute atomic E-state index is 12.1. The lowest BCUT2D eigenvalue weighted by molar-refractivity contribution is -0.122. The lowest BCUT2D eigenvalue weighted by atomic mass is 9.89. The van der Waals surface area contributed by atoms with Crippen LogP contribution in [0.4, 0.5) is 0 Å². The van der Waals surface area contributed by atoms with Crippen LogP contribution in [0, 0.1) is 5.92 Å². The highest BCUT2D eigenvalue weighted by Crippen LogP contribution is 2.23. The standard InChI is InChI=1S/C23H39N5O3/c1-30-17-11-24-22(29)19-27-12-14-28(15-13-27)23(25-10-9-21-8-5-16-31-21)26-18-20-6-3-2-4-7-20/h5,8,16,20H,2-4,6-7,9-15,17-19H2,1H3,(H,24,29)(H,25,26). The summed E-state index contributed by atoms with van der Waals surface area (Å²) in [6.07, 6.45) is 9.22. The number of carbonyl (C=O) groups is 1. The molecule has 8 nitrogen and oxygen atoms in total. The Morgan fingerprint density at radius 2 is 1.97 bits per heavy atom. The van der Waals surface area contributed by atoms with E-state index in [1.165, 1.54) is 32.1 Å². The van der Waals surface area contributed by atoms with Crippen molar-refractivity contribution in [1.29, 1.82) is 0 Å². The number of nitrogens with zero attached hydrogens (tertiary/aromatic N) is 3. The third kappa shape index (κ3) is 8.53. The molecule has 0 unspecified atom stereocenters. The first kappa shape index (κ1) is 23.6. The number of piperazine rings is 1. The SMILES string of the molecule is COCCNC(=O)CN1CCN(C(=NCC2CCCCC2)NCCc2ccco2)CC1. The maximum Gasteiger partial charge on any atom is 0.234 e. The van der Waals surface area contributed by atoms with Gasteiger partial charge in [0.1, 0.15) is 5.76 Å². The third-order valence-electron chi connectivity index (χ3n) is 6.13. The number of nitrogens with one attached hydrogen (secondary N) is 2. The zero-order chi connectivity index (χ0) is 21.7. The molecule has 0 aromatic carbocycles. The van der Waals surface area contributed by atoms with Gasteiger partial charge in [-0.3, -0.25) is 14.7 Å². The van der Waals surface area contributed by atoms with Crippen LogP contribution >= 0.6 is 0 Å². The summed E-state index contributed by atoms with van der Waals surface area (Å²) in [4.78, 5) is 21.6. The van der Waals surface area contributed by atoms with Crippen LogP contribution in [0.3, 0.4) is 0 Å². The van der Waals surface area contributed by atoms with Crippen LogP contribution < -0.4 is 10.6 Å². The van der Waals surface area contributed by atoms with Crippen LogP contribution in [0.25, 0.3) is 0 Å². The molecule has 3 rings (SSSR count). The van der Waals surface area contributed by atoms with Gasteiger partial charge in [-0.15, -0.1) is 0 Å². The van der Waals surface area contributed by atoms with Gasteiger partial charge in [-0.1, -0.05) is 19.3 Å². The van der Waals surface area contributed by atoms with E-state index in [4.69, 9.17) is 14.1 Å². The maximum atomic E-state index is 12.1. The summed E-state index contributed by atoms with van der Waals surface area (Å²) < 4.78 is 10.4. The van der Waals surface area contributed by atoms with E-state index in [0.717, 1.165) is 57.4 Å². The Morgan fingerprint density at radius 1 is 1.16 bits per heavy atom. The van der Waals surface area contributed by atoms with E-state index >= 15 is 0 Å². The van der Waals surface area contributed by atoms with Crippen LogP contribution in [0.2, 0.25) is 0 Å². The lowest BCUT2D eigenvalue weighted by Crippen LogP contribution is -2.54. The average molecular weight is 434 g/mol. The summed E-state index contributed by atoms with van der Waals surface area (Å²) in [7, 11) is 1.64. The predicted molar refractivity (Wildman–Crippen MR) is 122 cm³/mol. The number of furan rings is 1. The Labute approximate surface area is 186 Å². The minimum absolute atomic E-state index is 0.0632. The molecule has 31 heavy (non-hydrogen) atoms. The minimum atomic E-state index is 0.0632. The molecule has 1 aromatic heterocycles. The number of hydrogen-bond acceptors (Lipinski definition) is 5. The van der Waals surface area contributed by atoms with Gasteiger partial charge in [0.25, 0.3) is 0 Å². The highest BCUT2D eigenvalue weighted by atomic mass is 16.5. The summed E-state index contributed by atoms with van der Waals surface area (Å²) in [5.74, 6) is 2.77. The van der Waals surface area contributed by atoms with Crippen LogP contribution in [-0.4, -0.2) is 87.7 Å². The highest BCUT2D eigenvalue weighted by Gasteiger charge is 2.22. The number of rotatable bonds is 10. The van der Waals surface area contributed by atoms with Crippen LogP contribution in [-0.2, 0) is 16.0 Å². The normalized spacial score (nSPS) is 18.9. The first-order chi connectivity index (χ1) is 15.2. The molecular weight excluding hydrogens is 394 g/mol. The third-order valence-corrected chi connectivity index (χ3v) is 6.13. The highest BCUT2D eigenvalue weighted by molar-refractivity contribution is 5.80. The number of carbonyl (C=O) groups excluding carboxylic acids is 1. The minimum Gasteiger partial charge on any atom is -0.469 e. The van der Waals surface area contributed by atoms with E-state index in [1.54, 1.807) is 13.4 Å². The van der Waals surface area contributed by atoms with Gasteiger partial charge in [0.05, 0.1) is 19.4 Å². The molecule has 1 saturated carbocycles. The van der Waals surface area contributed by atoms with Gasteiger partial charge in [-0.2, -0.15) is 0 Å². The van der Waals surface area contributed by atoms with Crippen molar-refractivity contribution in [2.45, 2.75) is 38.5 Å². The number of ether oxygens (including phenoxy) is 1. The van der Waals surface area contributed by atoms with Crippen LogP contribution in [0.1, 0.15) is 37.9 Å². The molecule has 2 N–H and O–H groups in total. The molecule has 8 heteroatoms. The van der Waals surface area contributed by atoms with Crippen molar-refractivity contribution in [3.8, 4) is 0 Å². The molecule has 174 valence electrons. The van der Waals surface area contributed by atoms with Gasteiger partial charge in [0, 0.05) is 59.3 Å². The zero-order valence-corrected chi connectivity index (χ0v) is 19.0. The number of guanidine groups is 1. The Hall–Kier alpha value is -2.06. The van der Waals surface area contributed by atoms with Crippen LogP contribution in [0.15, 0.2) is 27.8 Å². The van der Waals surface area contributed by atoms with E-state index in [2.05, 4.69) is 20.4 Å². The van der Waals surface area contributed by atoms with Gasteiger partial charge >= 0.3 is 0 Å². The molecule has 1 amide bonds. The number of amides is 1. The number of aliphatic imine (C=N–C) groups is 1. The Morgan fingerprint density at radius 3 is 2.68 bits per heavy atom. The zero-order valence-electron chi connectivity index (χ0n) is 19.0. The van der Waals surface area contributed by atoms with Crippen molar-refractivity contribution in [2.24, 2.45) is 10.9 Å². The van der Waals surface area contributed by atoms with Crippen molar-refractivity contribution in [1.82, 2.24) is 20.4 Å². The molecule has 0 bridgehead atoms. The summed E-state index contributed by atoms with van der Waals surface area (Å²) in [5.41, 5.74) is 0. The van der Waals surface area contributed by atoms with E-state index < -0.39 is 0 Å². The second kappa shape index (κ2) is 13.4. The number of methoxy groups -OCH3 is 1. The Kier molecular flexibility index (Phi) is 10.2. The Bertz CT molecular complexity index is 650. The van der Waals surface area contributed by atoms with Gasteiger partial charge in [0.2, 0.25) is 5.91 Å². The second-order valence-corrected chi connectivity index (χ2v) is 8.53. The molecule has 0 radical (unpaired) electrons. The van der Waals surface area contributed by atoms with E-state index in [-0.39, 0.29) is 5.91 Å². The monoisotopic (exact) mass is 433 g/mol. The fourth-order valence-electron chi connectivity index (χ4n) is 4.27. The predicted octanol–water partition coefficient (Wildman–Crippen LogP) is 1.73. The van der Waals surface area contributed by atoms with Crippen molar-refractivity contribution in [3.05, 3.63) is 24.2 Å². The lowest BCUT2D eigenvalue weighted by Gasteiger charge is -2.36. The van der Waals surface area contributed by atoms with Gasteiger partial charge in [-0.25, -0.2) is 0 Å². The molecule has 2 fully saturated rings. The molecule has 2 heterocycles. The largest absolute Gasteiger partial charge is 0.469 e. The summed E-state index contributed by atoms with van der Waals surface area (Å²) in [6.45, 7) is 6.74. The summed E-state index contributed by atoms with van der Waals surface area (Å²) in [5, 5.41) is 6.46. The van der Waals surface area contributed by atoms with Crippen molar-refractivity contribution in [3.63, 3.8) is 0 Å². The van der Waals surface area contributed by atoms with E-state index in [0.29, 0.717) is 25.6 Å². The van der Waals surface area contributed by atoms with Crippen LogP contribution in [0.5, 0.6) is 0 Å². The fourth-order valence-corrected chi connectivity index (χ4v) is 4.27. The molecule has 1 aliphatic heterocycles. The Balaban J connectivity index is 1.47. The van der Waals surface area contributed by atoms with Crippen molar-refractivity contribution in [2.75, 3.05) is 66.1 Å². The summed E-state index contributed by atoms with van der Waals surface area (Å²) in [6, 6.07) is 3.94. The topological polar surface area (TPSA) is 82.3 Å². The van der Waals surface area contributed by atoms with Gasteiger partial charge < -0.3 is 24.7 Å². The van der Waals surface area contributed by atoms with Crippen molar-refractivity contribution < 1.29 is 13.9 Å². The number of hydrogen-bond donors (Lipinski definition) is 2. The average Bonchev–Trinajstić information content (AvgIpc) is 3.31. The molecular formula is C23H39N5O3. The molecule has 1 aromatic rings. The molecule has 0 atom stereocenters. The molecule has 2 aliphatic rings. The molecule has 0 spiro atoms. The fraction of sp³-hybridized carbons (Fsp3) is 0.739. The van der Waals surface area contributed by atoms with Gasteiger partial charge in [0.15, 0.2) is 5.96 Å². The van der Waals surface area contributed by atoms with E-state index in [9.17, 15) is 4.79 Å². The second-order valence-electron chi connectivity index (χ2n) is 8.53. The van der Waals surface area contributed by atoms with Crippen molar-refractivity contribution >= 4 is 11.9 Å². The smallest absolute Gasteiger partial charge is 0.234 e. The summed E-state index contributed by atoms with van der Waals surface area (Å²) >= 11 is 0. The first-order valence-corrected chi connectivity index (χ1v) is 11.8.